The number of fused-ring (bicyclic) bond motifs is 3. The number of aryl methyl sites for hydroxylation is 1. The van der Waals surface area contributed by atoms with E-state index in [-0.39, 0.29) is 0 Å². The first-order valence-electron chi connectivity index (χ1n) is 14.2. The lowest BCUT2D eigenvalue weighted by Crippen LogP contribution is -2.37. The summed E-state index contributed by atoms with van der Waals surface area (Å²) in [5.74, 6) is 0.803. The minimum absolute atomic E-state index is 0.699. The fourth-order valence-corrected chi connectivity index (χ4v) is 6.18. The predicted octanol–water partition coefficient (Wildman–Crippen LogP) is 8.86. The average molecular weight is 502 g/mol. The van der Waals surface area contributed by atoms with Gasteiger partial charge in [-0.2, -0.15) is 4.57 Å². The van der Waals surface area contributed by atoms with E-state index in [1.807, 2.05) is 18.2 Å². The number of nitrogens with zero attached hydrogens (tertiary/aromatic N) is 2. The van der Waals surface area contributed by atoms with Crippen molar-refractivity contribution in [3.8, 4) is 22.5 Å². The molecule has 3 nitrogen and oxygen atoms in total. The summed E-state index contributed by atoms with van der Waals surface area (Å²) in [4.78, 5) is 4.96. The van der Waals surface area contributed by atoms with Crippen LogP contribution in [-0.2, 0) is 19.4 Å². The zero-order chi connectivity index (χ0) is 26.1. The van der Waals surface area contributed by atoms with Crippen molar-refractivity contribution < 1.29 is 8.98 Å². The molecule has 0 atom stereocenters. The first-order valence-corrected chi connectivity index (χ1v) is 14.2. The average Bonchev–Trinajstić information content (AvgIpc) is 3.57. The van der Waals surface area contributed by atoms with Crippen LogP contribution in [0.15, 0.2) is 89.5 Å². The van der Waals surface area contributed by atoms with Crippen molar-refractivity contribution in [2.24, 2.45) is 5.92 Å². The molecule has 1 aliphatic rings. The van der Waals surface area contributed by atoms with Crippen molar-refractivity contribution >= 4 is 22.1 Å². The molecule has 1 aliphatic carbocycles. The molecule has 0 unspecified atom stereocenters. The Bertz CT molecular complexity index is 1610. The van der Waals surface area contributed by atoms with E-state index >= 15 is 0 Å². The number of allylic oxidation sites excluding steroid dienone is 1. The molecule has 3 heterocycles. The number of furan rings is 1. The minimum Gasteiger partial charge on any atom is -0.437 e. The Morgan fingerprint density at radius 1 is 1.00 bits per heavy atom. The minimum atomic E-state index is 0.699. The van der Waals surface area contributed by atoms with Gasteiger partial charge < -0.3 is 4.42 Å². The van der Waals surface area contributed by atoms with Crippen LogP contribution in [0.5, 0.6) is 0 Å². The van der Waals surface area contributed by atoms with Gasteiger partial charge in [-0.1, -0.05) is 88.1 Å². The van der Waals surface area contributed by atoms with Crippen LogP contribution in [0.1, 0.15) is 57.1 Å². The summed E-state index contributed by atoms with van der Waals surface area (Å²) in [5.41, 5.74) is 9.99. The van der Waals surface area contributed by atoms with Crippen molar-refractivity contribution in [3.05, 3.63) is 96.2 Å². The summed E-state index contributed by atoms with van der Waals surface area (Å²) in [6, 6.07) is 23.9. The predicted molar refractivity (Wildman–Crippen MR) is 157 cm³/mol. The molecule has 6 rings (SSSR count). The first kappa shape index (κ1) is 24.6. The third kappa shape index (κ3) is 4.78. The molecule has 5 aromatic rings. The number of pyridine rings is 2. The summed E-state index contributed by atoms with van der Waals surface area (Å²) in [7, 11) is 0. The second-order valence-electron chi connectivity index (χ2n) is 11.1. The van der Waals surface area contributed by atoms with Crippen molar-refractivity contribution in [2.45, 2.75) is 65.3 Å². The quantitative estimate of drug-likeness (QED) is 0.157. The summed E-state index contributed by atoms with van der Waals surface area (Å²) >= 11 is 0. The van der Waals surface area contributed by atoms with Gasteiger partial charge in [0.25, 0.3) is 0 Å². The number of rotatable bonds is 8. The molecule has 3 heteroatoms. The van der Waals surface area contributed by atoms with Crippen LogP contribution in [0, 0.1) is 5.92 Å². The third-order valence-electron chi connectivity index (χ3n) is 7.98. The molecule has 1 fully saturated rings. The Morgan fingerprint density at radius 3 is 2.55 bits per heavy atom. The molecule has 3 aromatic heterocycles. The summed E-state index contributed by atoms with van der Waals surface area (Å²) in [6.07, 6.45) is 11.0. The van der Waals surface area contributed by atoms with E-state index in [0.29, 0.717) is 5.71 Å². The Balaban J connectivity index is 1.56. The van der Waals surface area contributed by atoms with Crippen LogP contribution < -0.4 is 4.57 Å². The lowest BCUT2D eigenvalue weighted by Gasteiger charge is -2.13. The lowest BCUT2D eigenvalue weighted by atomic mass is 9.93. The van der Waals surface area contributed by atoms with E-state index < -0.39 is 0 Å². The van der Waals surface area contributed by atoms with Gasteiger partial charge in [-0.15, -0.1) is 0 Å². The Kier molecular flexibility index (Phi) is 6.84. The van der Waals surface area contributed by atoms with E-state index in [4.69, 9.17) is 9.40 Å². The van der Waals surface area contributed by atoms with Gasteiger partial charge in [0.15, 0.2) is 18.3 Å². The van der Waals surface area contributed by atoms with Gasteiger partial charge in [-0.05, 0) is 54.5 Å². The molecule has 0 bridgehead atoms. The van der Waals surface area contributed by atoms with Gasteiger partial charge in [0.1, 0.15) is 0 Å². The van der Waals surface area contributed by atoms with Crippen LogP contribution in [0.2, 0.25) is 0 Å². The van der Waals surface area contributed by atoms with Crippen molar-refractivity contribution in [2.75, 3.05) is 0 Å². The normalized spacial score (nSPS) is 14.1. The van der Waals surface area contributed by atoms with E-state index in [2.05, 4.69) is 79.7 Å². The molecular weight excluding hydrogens is 464 g/mol. The summed E-state index contributed by atoms with van der Waals surface area (Å²) in [5, 5.41) is 2.20. The highest BCUT2D eigenvalue weighted by Crippen LogP contribution is 2.38. The van der Waals surface area contributed by atoms with E-state index in [9.17, 15) is 0 Å². The standard InChI is InChI=1S/C35H37N2O/c1-4-10-28-15-16-29-30-17-18-31(27-13-6-5-7-14-27)36-35(30)38-34(29)33(28)32-22-26(21-25-11-8-9-12-25)19-20-37(32)23-24(2)3/h5-7,13-20,22,25H,2,4,8-12,21,23H2,1,3H3/q+1. The first-order chi connectivity index (χ1) is 18.6. The molecule has 0 radical (unpaired) electrons. The molecule has 0 spiro atoms. The van der Waals surface area contributed by atoms with E-state index in [1.165, 1.54) is 48.1 Å². The molecule has 1 saturated carbocycles. The van der Waals surface area contributed by atoms with Crippen LogP contribution in [0.3, 0.4) is 0 Å². The summed E-state index contributed by atoms with van der Waals surface area (Å²) < 4.78 is 9.03. The lowest BCUT2D eigenvalue weighted by molar-refractivity contribution is -0.678. The van der Waals surface area contributed by atoms with Crippen LogP contribution in [-0.4, -0.2) is 4.98 Å². The van der Waals surface area contributed by atoms with Gasteiger partial charge in [-0.25, -0.2) is 4.98 Å². The zero-order valence-corrected chi connectivity index (χ0v) is 22.7. The monoisotopic (exact) mass is 501 g/mol. The number of hydrogen-bond acceptors (Lipinski definition) is 2. The van der Waals surface area contributed by atoms with Gasteiger partial charge in [-0.3, -0.25) is 0 Å². The maximum absolute atomic E-state index is 6.67. The molecule has 0 N–H and O–H groups in total. The van der Waals surface area contributed by atoms with Gasteiger partial charge >= 0.3 is 0 Å². The molecule has 0 saturated heterocycles. The second-order valence-corrected chi connectivity index (χ2v) is 11.1. The number of aromatic nitrogens is 2. The Labute approximate surface area is 225 Å². The van der Waals surface area contributed by atoms with Crippen LogP contribution >= 0.6 is 0 Å². The summed E-state index contributed by atoms with van der Waals surface area (Å²) in [6.45, 7) is 9.37. The number of hydrogen-bond donors (Lipinski definition) is 0. The third-order valence-corrected chi connectivity index (χ3v) is 7.98. The molecule has 192 valence electrons. The maximum Gasteiger partial charge on any atom is 0.227 e. The van der Waals surface area contributed by atoms with Crippen LogP contribution in [0.25, 0.3) is 44.6 Å². The van der Waals surface area contributed by atoms with E-state index in [0.717, 1.165) is 64.9 Å². The highest BCUT2D eigenvalue weighted by molar-refractivity contribution is 6.09. The smallest absolute Gasteiger partial charge is 0.227 e. The van der Waals surface area contributed by atoms with Crippen molar-refractivity contribution in [3.63, 3.8) is 0 Å². The van der Waals surface area contributed by atoms with Gasteiger partial charge in [0.05, 0.1) is 11.3 Å². The fraction of sp³-hybridized carbons (Fsp3) is 0.314. The largest absolute Gasteiger partial charge is 0.437 e. The Hall–Kier alpha value is -3.72. The fourth-order valence-electron chi connectivity index (χ4n) is 6.18. The van der Waals surface area contributed by atoms with Crippen LogP contribution in [0.4, 0.5) is 0 Å². The topological polar surface area (TPSA) is 29.9 Å². The maximum atomic E-state index is 6.67. The molecular formula is C35H37N2O+. The highest BCUT2D eigenvalue weighted by Gasteiger charge is 2.25. The van der Waals surface area contributed by atoms with Gasteiger partial charge in [0.2, 0.25) is 11.4 Å². The zero-order valence-electron chi connectivity index (χ0n) is 22.7. The molecule has 2 aromatic carbocycles. The van der Waals surface area contributed by atoms with Crippen molar-refractivity contribution in [1.82, 2.24) is 4.98 Å². The van der Waals surface area contributed by atoms with E-state index in [1.54, 1.807) is 0 Å². The SMILES string of the molecule is C=C(C)C[n+]1ccc(CC2CCCC2)cc1-c1c(CCC)ccc2c1oc1nc(-c3ccccc3)ccc12. The molecule has 0 amide bonds. The number of benzene rings is 2. The highest BCUT2D eigenvalue weighted by atomic mass is 16.3. The van der Waals surface area contributed by atoms with Crippen molar-refractivity contribution in [1.29, 1.82) is 0 Å². The second kappa shape index (κ2) is 10.6. The Morgan fingerprint density at radius 2 is 1.79 bits per heavy atom. The molecule has 0 aliphatic heterocycles. The van der Waals surface area contributed by atoms with Gasteiger partial charge in [0, 0.05) is 28.5 Å². The molecule has 38 heavy (non-hydrogen) atoms.